The van der Waals surface area contributed by atoms with Crippen LogP contribution in [0.1, 0.15) is 30.5 Å². The fourth-order valence-electron chi connectivity index (χ4n) is 3.66. The fraction of sp³-hybridized carbons (Fsp3) is 0.500. The lowest BCUT2D eigenvalue weighted by Crippen LogP contribution is -2.36. The van der Waals surface area contributed by atoms with Crippen LogP contribution in [0.25, 0.3) is 5.69 Å². The van der Waals surface area contributed by atoms with Crippen LogP contribution in [0.15, 0.2) is 12.3 Å². The van der Waals surface area contributed by atoms with E-state index in [0.717, 1.165) is 62.1 Å². The van der Waals surface area contributed by atoms with E-state index in [1.807, 2.05) is 11.0 Å². The zero-order chi connectivity index (χ0) is 16.7. The summed E-state index contributed by atoms with van der Waals surface area (Å²) < 4.78 is 1.48. The zero-order valence-electron chi connectivity index (χ0n) is 13.5. The maximum atomic E-state index is 12.7. The topological polar surface area (TPSA) is 116 Å². The molecule has 0 radical (unpaired) electrons. The third-order valence-electron chi connectivity index (χ3n) is 4.90. The number of amides is 1. The van der Waals surface area contributed by atoms with Crippen LogP contribution in [-0.2, 0) is 17.6 Å². The summed E-state index contributed by atoms with van der Waals surface area (Å²) in [5, 5.41) is 4.09. The Morgan fingerprint density at radius 2 is 2.04 bits per heavy atom. The lowest BCUT2D eigenvalue weighted by Gasteiger charge is -2.27. The molecular formula is C16H21N7O. The SMILES string of the molecule is Nc1nc(N)n(-c2cnc3c(c2)CC(C(=O)N2CCCC2)CC3)n1. The Morgan fingerprint density at radius 1 is 1.25 bits per heavy atom. The molecule has 0 saturated carbocycles. The maximum absolute atomic E-state index is 12.7. The molecular weight excluding hydrogens is 306 g/mol. The van der Waals surface area contributed by atoms with Crippen molar-refractivity contribution in [3.8, 4) is 5.69 Å². The summed E-state index contributed by atoms with van der Waals surface area (Å²) >= 11 is 0. The van der Waals surface area contributed by atoms with Crippen LogP contribution >= 0.6 is 0 Å². The molecule has 1 saturated heterocycles. The number of likely N-dealkylation sites (tertiary alicyclic amines) is 1. The van der Waals surface area contributed by atoms with Crippen LogP contribution in [0, 0.1) is 5.92 Å². The number of pyridine rings is 1. The van der Waals surface area contributed by atoms with Gasteiger partial charge in [0, 0.05) is 24.7 Å². The summed E-state index contributed by atoms with van der Waals surface area (Å²) in [6, 6.07) is 2.00. The van der Waals surface area contributed by atoms with E-state index in [2.05, 4.69) is 15.1 Å². The predicted molar refractivity (Wildman–Crippen MR) is 89.3 cm³/mol. The first kappa shape index (κ1) is 14.9. The third kappa shape index (κ3) is 2.57. The van der Waals surface area contributed by atoms with Crippen LogP contribution in [0.3, 0.4) is 0 Å². The summed E-state index contributed by atoms with van der Waals surface area (Å²) in [6.45, 7) is 1.80. The number of rotatable bonds is 2. The van der Waals surface area contributed by atoms with Gasteiger partial charge in [-0.1, -0.05) is 0 Å². The van der Waals surface area contributed by atoms with Gasteiger partial charge in [0.2, 0.25) is 17.8 Å². The number of nitrogens with two attached hydrogens (primary N) is 2. The van der Waals surface area contributed by atoms with Crippen LogP contribution < -0.4 is 11.5 Å². The highest BCUT2D eigenvalue weighted by molar-refractivity contribution is 5.79. The molecule has 4 rings (SSSR count). The second-order valence-electron chi connectivity index (χ2n) is 6.51. The number of nitrogen functional groups attached to an aromatic ring is 2. The summed E-state index contributed by atoms with van der Waals surface area (Å²) in [5.41, 5.74) is 14.3. The van der Waals surface area contributed by atoms with Gasteiger partial charge in [0.15, 0.2) is 0 Å². The average Bonchev–Trinajstić information content (AvgIpc) is 3.23. The highest BCUT2D eigenvalue weighted by Crippen LogP contribution is 2.28. The van der Waals surface area contributed by atoms with Crippen molar-refractivity contribution in [3.63, 3.8) is 0 Å². The average molecular weight is 327 g/mol. The largest absolute Gasteiger partial charge is 0.368 e. The predicted octanol–water partition coefficient (Wildman–Crippen LogP) is 0.554. The number of anilines is 2. The molecule has 0 bridgehead atoms. The number of nitrogens with zero attached hydrogens (tertiary/aromatic N) is 5. The first-order valence-corrected chi connectivity index (χ1v) is 8.37. The van der Waals surface area contributed by atoms with Crippen molar-refractivity contribution in [2.24, 2.45) is 5.92 Å². The minimum atomic E-state index is 0.0470. The molecule has 2 aromatic rings. The fourth-order valence-corrected chi connectivity index (χ4v) is 3.66. The molecule has 8 heteroatoms. The second-order valence-corrected chi connectivity index (χ2v) is 6.51. The van der Waals surface area contributed by atoms with Gasteiger partial charge in [-0.15, -0.1) is 5.10 Å². The molecule has 0 spiro atoms. The first-order valence-electron chi connectivity index (χ1n) is 8.37. The zero-order valence-corrected chi connectivity index (χ0v) is 13.5. The summed E-state index contributed by atoms with van der Waals surface area (Å²) in [7, 11) is 0. The Morgan fingerprint density at radius 3 is 2.75 bits per heavy atom. The van der Waals surface area contributed by atoms with Gasteiger partial charge in [0.1, 0.15) is 0 Å². The highest BCUT2D eigenvalue weighted by Gasteiger charge is 2.30. The smallest absolute Gasteiger partial charge is 0.241 e. The number of aromatic nitrogens is 4. The molecule has 1 aliphatic heterocycles. The number of hydrogen-bond acceptors (Lipinski definition) is 6. The number of fused-ring (bicyclic) bond motifs is 1. The van der Waals surface area contributed by atoms with Crippen molar-refractivity contribution < 1.29 is 4.79 Å². The van der Waals surface area contributed by atoms with Crippen LogP contribution in [0.2, 0.25) is 0 Å². The molecule has 1 fully saturated rings. The van der Waals surface area contributed by atoms with Crippen LogP contribution in [0.4, 0.5) is 11.9 Å². The molecule has 1 unspecified atom stereocenters. The highest BCUT2D eigenvalue weighted by atomic mass is 16.2. The van der Waals surface area contributed by atoms with Gasteiger partial charge >= 0.3 is 0 Å². The van der Waals surface area contributed by atoms with E-state index >= 15 is 0 Å². The molecule has 4 N–H and O–H groups in total. The lowest BCUT2D eigenvalue weighted by molar-refractivity contribution is -0.134. The number of hydrogen-bond donors (Lipinski definition) is 2. The Labute approximate surface area is 139 Å². The van der Waals surface area contributed by atoms with Crippen molar-refractivity contribution in [2.45, 2.75) is 32.1 Å². The van der Waals surface area contributed by atoms with E-state index in [0.29, 0.717) is 0 Å². The summed E-state index contributed by atoms with van der Waals surface area (Å²) in [5.74, 6) is 0.695. The Bertz CT molecular complexity index is 779. The van der Waals surface area contributed by atoms with Gasteiger partial charge in [0.25, 0.3) is 0 Å². The normalized spacial score (nSPS) is 20.2. The van der Waals surface area contributed by atoms with Gasteiger partial charge in [-0.2, -0.15) is 9.67 Å². The van der Waals surface area contributed by atoms with E-state index in [-0.39, 0.29) is 23.7 Å². The molecule has 2 aliphatic rings. The van der Waals surface area contributed by atoms with Crippen molar-refractivity contribution in [1.29, 1.82) is 0 Å². The quantitative estimate of drug-likeness (QED) is 0.832. The molecule has 126 valence electrons. The Hall–Kier alpha value is -2.64. The minimum absolute atomic E-state index is 0.0470. The van der Waals surface area contributed by atoms with Crippen molar-refractivity contribution in [3.05, 3.63) is 23.5 Å². The monoisotopic (exact) mass is 327 g/mol. The Kier molecular flexibility index (Phi) is 3.59. The van der Waals surface area contributed by atoms with Gasteiger partial charge in [-0.25, -0.2) is 0 Å². The second kappa shape index (κ2) is 5.77. The number of carbonyl (C=O) groups excluding carboxylic acids is 1. The van der Waals surface area contributed by atoms with E-state index < -0.39 is 0 Å². The molecule has 8 nitrogen and oxygen atoms in total. The molecule has 1 atom stereocenters. The van der Waals surface area contributed by atoms with Gasteiger partial charge in [-0.05, 0) is 43.7 Å². The standard InChI is InChI=1S/C16H21N7O/c17-15-20-16(18)23(21-15)12-8-11-7-10(3-4-13(11)19-9-12)14(24)22-5-1-2-6-22/h8-10H,1-7H2,(H4,17,18,20,21). The van der Waals surface area contributed by atoms with E-state index in [4.69, 9.17) is 11.5 Å². The minimum Gasteiger partial charge on any atom is -0.368 e. The number of aryl methyl sites for hydroxylation is 1. The van der Waals surface area contributed by atoms with Crippen LogP contribution in [0.5, 0.6) is 0 Å². The lowest BCUT2D eigenvalue weighted by atomic mass is 9.85. The van der Waals surface area contributed by atoms with E-state index in [9.17, 15) is 4.79 Å². The molecule has 3 heterocycles. The van der Waals surface area contributed by atoms with E-state index in [1.165, 1.54) is 4.68 Å². The van der Waals surface area contributed by atoms with Crippen molar-refractivity contribution >= 4 is 17.8 Å². The molecule has 1 amide bonds. The Balaban J connectivity index is 1.59. The summed E-state index contributed by atoms with van der Waals surface area (Å²) in [4.78, 5) is 23.1. The van der Waals surface area contributed by atoms with Gasteiger partial charge in [-0.3, -0.25) is 9.78 Å². The molecule has 24 heavy (non-hydrogen) atoms. The maximum Gasteiger partial charge on any atom is 0.241 e. The van der Waals surface area contributed by atoms with Crippen molar-refractivity contribution in [2.75, 3.05) is 24.6 Å². The van der Waals surface area contributed by atoms with Crippen molar-refractivity contribution in [1.82, 2.24) is 24.6 Å². The number of carbonyl (C=O) groups is 1. The molecule has 1 aliphatic carbocycles. The summed E-state index contributed by atoms with van der Waals surface area (Å²) in [6.07, 6.45) is 6.38. The van der Waals surface area contributed by atoms with Gasteiger partial charge in [0.05, 0.1) is 11.9 Å². The van der Waals surface area contributed by atoms with Gasteiger partial charge < -0.3 is 16.4 Å². The first-order chi connectivity index (χ1) is 11.6. The van der Waals surface area contributed by atoms with Crippen LogP contribution in [-0.4, -0.2) is 43.6 Å². The van der Waals surface area contributed by atoms with E-state index in [1.54, 1.807) is 6.20 Å². The third-order valence-corrected chi connectivity index (χ3v) is 4.90. The molecule has 0 aromatic carbocycles. The molecule has 2 aromatic heterocycles.